The maximum absolute atomic E-state index is 11.7. The molecule has 1 atom stereocenters. The largest absolute Gasteiger partial charge is 0.396 e. The molecule has 4 heteroatoms. The smallest absolute Gasteiger partial charge is 0.251 e. The second-order valence-corrected chi connectivity index (χ2v) is 4.02. The highest BCUT2D eigenvalue weighted by molar-refractivity contribution is 5.94. The van der Waals surface area contributed by atoms with Gasteiger partial charge in [-0.2, -0.15) is 5.26 Å². The maximum Gasteiger partial charge on any atom is 0.251 e. The number of nitrogens with zero attached hydrogens (tertiary/aromatic N) is 1. The first-order valence-electron chi connectivity index (χ1n) is 5.56. The molecule has 0 aliphatic carbocycles. The van der Waals surface area contributed by atoms with E-state index in [4.69, 9.17) is 10.4 Å². The lowest BCUT2D eigenvalue weighted by Gasteiger charge is -2.11. The van der Waals surface area contributed by atoms with Crippen molar-refractivity contribution in [3.05, 3.63) is 35.4 Å². The lowest BCUT2D eigenvalue weighted by atomic mass is 10.1. The first-order valence-corrected chi connectivity index (χ1v) is 5.56. The van der Waals surface area contributed by atoms with E-state index in [9.17, 15) is 4.79 Å². The predicted octanol–water partition coefficient (Wildman–Crippen LogP) is 1.31. The number of hydrogen-bond donors (Lipinski definition) is 2. The molecule has 4 nitrogen and oxygen atoms in total. The van der Waals surface area contributed by atoms with E-state index in [-0.39, 0.29) is 18.4 Å². The van der Waals surface area contributed by atoms with E-state index in [0.29, 0.717) is 24.1 Å². The fourth-order valence-electron chi connectivity index (χ4n) is 1.42. The summed E-state index contributed by atoms with van der Waals surface area (Å²) in [5.74, 6) is 0.0509. The van der Waals surface area contributed by atoms with Crippen LogP contribution in [0.1, 0.15) is 29.3 Å². The Morgan fingerprint density at radius 2 is 2.35 bits per heavy atom. The van der Waals surface area contributed by atoms with Crippen molar-refractivity contribution in [2.45, 2.75) is 13.3 Å². The Kier molecular flexibility index (Phi) is 5.18. The van der Waals surface area contributed by atoms with Gasteiger partial charge in [-0.15, -0.1) is 0 Å². The fourth-order valence-corrected chi connectivity index (χ4v) is 1.42. The van der Waals surface area contributed by atoms with Crippen LogP contribution in [0, 0.1) is 17.2 Å². The third kappa shape index (κ3) is 4.25. The number of aliphatic hydroxyl groups is 1. The molecule has 0 spiro atoms. The second-order valence-electron chi connectivity index (χ2n) is 4.02. The van der Waals surface area contributed by atoms with Gasteiger partial charge in [0, 0.05) is 18.7 Å². The number of carbonyl (C=O) groups excluding carboxylic acids is 1. The molecule has 2 N–H and O–H groups in total. The van der Waals surface area contributed by atoms with Crippen LogP contribution in [0.3, 0.4) is 0 Å². The van der Waals surface area contributed by atoms with E-state index in [0.717, 1.165) is 0 Å². The van der Waals surface area contributed by atoms with Gasteiger partial charge < -0.3 is 10.4 Å². The summed E-state index contributed by atoms with van der Waals surface area (Å²) < 4.78 is 0. The number of rotatable bonds is 5. The number of nitrogens with one attached hydrogen (secondary N) is 1. The van der Waals surface area contributed by atoms with Crippen molar-refractivity contribution in [2.75, 3.05) is 13.2 Å². The SMILES string of the molecule is CC(CCO)CNC(=O)c1cccc(C#N)c1. The molecule has 90 valence electrons. The predicted molar refractivity (Wildman–Crippen MR) is 64.4 cm³/mol. The fraction of sp³-hybridized carbons (Fsp3) is 0.385. The van der Waals surface area contributed by atoms with Gasteiger partial charge in [0.25, 0.3) is 5.91 Å². The van der Waals surface area contributed by atoms with Gasteiger partial charge in [0.15, 0.2) is 0 Å². The lowest BCUT2D eigenvalue weighted by molar-refractivity contribution is 0.0945. The zero-order valence-corrected chi connectivity index (χ0v) is 9.81. The zero-order chi connectivity index (χ0) is 12.7. The molecule has 0 saturated carbocycles. The van der Waals surface area contributed by atoms with Gasteiger partial charge in [0.1, 0.15) is 0 Å². The van der Waals surface area contributed by atoms with Crippen LogP contribution in [-0.2, 0) is 0 Å². The quantitative estimate of drug-likeness (QED) is 0.803. The van der Waals surface area contributed by atoms with Gasteiger partial charge in [-0.3, -0.25) is 4.79 Å². The molecule has 0 aliphatic rings. The number of nitriles is 1. The van der Waals surface area contributed by atoms with Gasteiger partial charge >= 0.3 is 0 Å². The molecular weight excluding hydrogens is 216 g/mol. The first-order chi connectivity index (χ1) is 8.17. The summed E-state index contributed by atoms with van der Waals surface area (Å²) in [5.41, 5.74) is 0.960. The van der Waals surface area contributed by atoms with Crippen LogP contribution >= 0.6 is 0 Å². The molecule has 0 heterocycles. The van der Waals surface area contributed by atoms with Crippen LogP contribution < -0.4 is 5.32 Å². The molecule has 0 aromatic heterocycles. The number of aliphatic hydroxyl groups excluding tert-OH is 1. The summed E-state index contributed by atoms with van der Waals surface area (Å²) >= 11 is 0. The van der Waals surface area contributed by atoms with E-state index in [1.165, 1.54) is 0 Å². The average Bonchev–Trinajstić information content (AvgIpc) is 2.36. The van der Waals surface area contributed by atoms with E-state index < -0.39 is 0 Å². The van der Waals surface area contributed by atoms with Gasteiger partial charge in [0.05, 0.1) is 11.6 Å². The van der Waals surface area contributed by atoms with E-state index in [1.807, 2.05) is 13.0 Å². The van der Waals surface area contributed by atoms with Crippen molar-refractivity contribution < 1.29 is 9.90 Å². The van der Waals surface area contributed by atoms with Crippen LogP contribution in [0.15, 0.2) is 24.3 Å². The zero-order valence-electron chi connectivity index (χ0n) is 9.81. The number of carbonyl (C=O) groups is 1. The summed E-state index contributed by atoms with van der Waals surface area (Å²) in [5, 5.41) is 20.2. The van der Waals surface area contributed by atoms with Crippen LogP contribution in [0.5, 0.6) is 0 Å². The Balaban J connectivity index is 2.55. The summed E-state index contributed by atoms with van der Waals surface area (Å²) in [6, 6.07) is 8.57. The van der Waals surface area contributed by atoms with Crippen molar-refractivity contribution in [1.29, 1.82) is 5.26 Å². The van der Waals surface area contributed by atoms with Gasteiger partial charge in [-0.25, -0.2) is 0 Å². The Labute approximate surface area is 101 Å². The van der Waals surface area contributed by atoms with Crippen molar-refractivity contribution in [3.8, 4) is 6.07 Å². The third-order valence-electron chi connectivity index (χ3n) is 2.49. The summed E-state index contributed by atoms with van der Waals surface area (Å²) in [7, 11) is 0. The molecular formula is C13H16N2O2. The summed E-state index contributed by atoms with van der Waals surface area (Å²) in [6.07, 6.45) is 0.665. The minimum Gasteiger partial charge on any atom is -0.396 e. The minimum atomic E-state index is -0.188. The number of benzene rings is 1. The van der Waals surface area contributed by atoms with Crippen molar-refractivity contribution in [2.24, 2.45) is 5.92 Å². The van der Waals surface area contributed by atoms with Crippen LogP contribution in [0.2, 0.25) is 0 Å². The van der Waals surface area contributed by atoms with Crippen molar-refractivity contribution in [3.63, 3.8) is 0 Å². The Morgan fingerprint density at radius 3 is 3.00 bits per heavy atom. The summed E-state index contributed by atoms with van der Waals surface area (Å²) in [6.45, 7) is 2.61. The highest BCUT2D eigenvalue weighted by atomic mass is 16.3. The van der Waals surface area contributed by atoms with Crippen LogP contribution in [-0.4, -0.2) is 24.2 Å². The highest BCUT2D eigenvalue weighted by Crippen LogP contribution is 2.05. The van der Waals surface area contributed by atoms with Crippen molar-refractivity contribution >= 4 is 5.91 Å². The monoisotopic (exact) mass is 232 g/mol. The number of hydrogen-bond acceptors (Lipinski definition) is 3. The molecule has 0 saturated heterocycles. The van der Waals surface area contributed by atoms with Crippen LogP contribution in [0.4, 0.5) is 0 Å². The maximum atomic E-state index is 11.7. The van der Waals surface area contributed by atoms with E-state index in [1.54, 1.807) is 24.3 Å². The normalized spacial score (nSPS) is 11.6. The molecule has 1 aromatic rings. The Hall–Kier alpha value is -1.86. The molecule has 17 heavy (non-hydrogen) atoms. The molecule has 0 bridgehead atoms. The van der Waals surface area contributed by atoms with E-state index >= 15 is 0 Å². The summed E-state index contributed by atoms with van der Waals surface area (Å²) in [4.78, 5) is 11.7. The van der Waals surface area contributed by atoms with Gasteiger partial charge in [-0.1, -0.05) is 13.0 Å². The Bertz CT molecular complexity index is 424. The molecule has 1 rings (SSSR count). The first kappa shape index (κ1) is 13.2. The molecule has 1 aromatic carbocycles. The lowest BCUT2D eigenvalue weighted by Crippen LogP contribution is -2.28. The Morgan fingerprint density at radius 1 is 1.59 bits per heavy atom. The molecule has 1 unspecified atom stereocenters. The standard InChI is InChI=1S/C13H16N2O2/c1-10(5-6-16)9-15-13(17)12-4-2-3-11(7-12)8-14/h2-4,7,10,16H,5-6,9H2,1H3,(H,15,17). The molecule has 0 fully saturated rings. The highest BCUT2D eigenvalue weighted by Gasteiger charge is 2.08. The van der Waals surface area contributed by atoms with Gasteiger partial charge in [-0.05, 0) is 30.5 Å². The topological polar surface area (TPSA) is 73.1 Å². The second kappa shape index (κ2) is 6.66. The van der Waals surface area contributed by atoms with Crippen molar-refractivity contribution in [1.82, 2.24) is 5.32 Å². The third-order valence-corrected chi connectivity index (χ3v) is 2.49. The molecule has 1 amide bonds. The average molecular weight is 232 g/mol. The van der Waals surface area contributed by atoms with Gasteiger partial charge in [0.2, 0.25) is 0 Å². The number of amides is 1. The molecule has 0 aliphatic heterocycles. The van der Waals surface area contributed by atoms with E-state index in [2.05, 4.69) is 5.32 Å². The molecule has 0 radical (unpaired) electrons. The minimum absolute atomic E-state index is 0.126. The van der Waals surface area contributed by atoms with Crippen LogP contribution in [0.25, 0.3) is 0 Å².